The molecule has 94 valence electrons. The van der Waals surface area contributed by atoms with Crippen LogP contribution >= 0.6 is 15.9 Å². The summed E-state index contributed by atoms with van der Waals surface area (Å²) in [6.07, 6.45) is 3.02. The molecule has 19 heavy (non-hydrogen) atoms. The molecule has 0 bridgehead atoms. The Bertz CT molecular complexity index is 650. The van der Waals surface area contributed by atoms with E-state index in [1.165, 1.54) is 6.20 Å². The van der Waals surface area contributed by atoms with Crippen molar-refractivity contribution in [2.24, 2.45) is 0 Å². The number of ether oxygens (including phenoxy) is 1. The topological polar surface area (TPSA) is 63.0 Å². The Kier molecular flexibility index (Phi) is 4.26. The number of aromatic nitrogens is 1. The molecule has 0 unspecified atom stereocenters. The standard InChI is InChI=1S/C14H9BrN2O2/c15-13-5-12(7-17-8-13)14(18)19-9-11-4-2-1-3-10(11)6-16/h1-5,7-8H,9H2. The van der Waals surface area contributed by atoms with Gasteiger partial charge < -0.3 is 4.74 Å². The highest BCUT2D eigenvalue weighted by atomic mass is 79.9. The molecule has 0 spiro atoms. The van der Waals surface area contributed by atoms with Gasteiger partial charge in [0.2, 0.25) is 0 Å². The van der Waals surface area contributed by atoms with E-state index in [0.717, 1.165) is 0 Å². The zero-order chi connectivity index (χ0) is 13.7. The zero-order valence-electron chi connectivity index (χ0n) is 9.84. The first-order chi connectivity index (χ1) is 9.20. The Labute approximate surface area is 118 Å². The van der Waals surface area contributed by atoms with Gasteiger partial charge in [0.15, 0.2) is 0 Å². The average molecular weight is 317 g/mol. The number of benzene rings is 1. The molecule has 1 aromatic heterocycles. The molecule has 5 heteroatoms. The van der Waals surface area contributed by atoms with E-state index in [-0.39, 0.29) is 6.61 Å². The summed E-state index contributed by atoms with van der Waals surface area (Å²) in [7, 11) is 0. The lowest BCUT2D eigenvalue weighted by molar-refractivity contribution is 0.0472. The van der Waals surface area contributed by atoms with E-state index in [1.54, 1.807) is 36.5 Å². The Morgan fingerprint density at radius 1 is 1.37 bits per heavy atom. The second-order valence-corrected chi connectivity index (χ2v) is 4.65. The lowest BCUT2D eigenvalue weighted by atomic mass is 10.1. The van der Waals surface area contributed by atoms with Crippen LogP contribution < -0.4 is 0 Å². The van der Waals surface area contributed by atoms with E-state index in [4.69, 9.17) is 10.00 Å². The van der Waals surface area contributed by atoms with Crippen molar-refractivity contribution in [3.05, 3.63) is 63.9 Å². The monoisotopic (exact) mass is 316 g/mol. The fourth-order valence-electron chi connectivity index (χ4n) is 1.51. The van der Waals surface area contributed by atoms with Crippen LogP contribution in [0.1, 0.15) is 21.5 Å². The quantitative estimate of drug-likeness (QED) is 0.816. The van der Waals surface area contributed by atoms with Crippen molar-refractivity contribution in [2.75, 3.05) is 0 Å². The third-order valence-electron chi connectivity index (χ3n) is 2.44. The van der Waals surface area contributed by atoms with Gasteiger partial charge in [-0.05, 0) is 28.1 Å². The minimum absolute atomic E-state index is 0.0646. The van der Waals surface area contributed by atoms with Crippen LogP contribution in [0.5, 0.6) is 0 Å². The second kappa shape index (κ2) is 6.12. The minimum atomic E-state index is -0.471. The van der Waals surface area contributed by atoms with Gasteiger partial charge in [0.1, 0.15) is 6.61 Å². The largest absolute Gasteiger partial charge is 0.457 e. The highest BCUT2D eigenvalue weighted by Gasteiger charge is 2.09. The highest BCUT2D eigenvalue weighted by Crippen LogP contribution is 2.13. The van der Waals surface area contributed by atoms with Crippen LogP contribution in [0.3, 0.4) is 0 Å². The molecule has 0 N–H and O–H groups in total. The molecule has 0 saturated heterocycles. The molecule has 2 rings (SSSR count). The van der Waals surface area contributed by atoms with Gasteiger partial charge in [-0.15, -0.1) is 0 Å². The molecule has 0 aliphatic heterocycles. The molecule has 4 nitrogen and oxygen atoms in total. The van der Waals surface area contributed by atoms with E-state index in [0.29, 0.717) is 21.2 Å². The first-order valence-electron chi connectivity index (χ1n) is 5.46. The number of rotatable bonds is 3. The van der Waals surface area contributed by atoms with Crippen molar-refractivity contribution in [3.8, 4) is 6.07 Å². The van der Waals surface area contributed by atoms with E-state index >= 15 is 0 Å². The summed E-state index contributed by atoms with van der Waals surface area (Å²) in [5.41, 5.74) is 1.55. The molecule has 0 aliphatic rings. The summed E-state index contributed by atoms with van der Waals surface area (Å²) >= 11 is 3.24. The number of hydrogen-bond donors (Lipinski definition) is 0. The number of carbonyl (C=O) groups excluding carboxylic acids is 1. The number of nitriles is 1. The third kappa shape index (κ3) is 3.39. The number of nitrogens with zero attached hydrogens (tertiary/aromatic N) is 2. The number of esters is 1. The van der Waals surface area contributed by atoms with Crippen molar-refractivity contribution in [1.29, 1.82) is 5.26 Å². The SMILES string of the molecule is N#Cc1ccccc1COC(=O)c1cncc(Br)c1. The van der Waals surface area contributed by atoms with Crippen LogP contribution in [0.15, 0.2) is 47.2 Å². The summed E-state index contributed by atoms with van der Waals surface area (Å²) in [4.78, 5) is 15.7. The first kappa shape index (κ1) is 13.2. The molecule has 0 fully saturated rings. The summed E-state index contributed by atoms with van der Waals surface area (Å²) in [6, 6.07) is 10.7. The highest BCUT2D eigenvalue weighted by molar-refractivity contribution is 9.10. The second-order valence-electron chi connectivity index (χ2n) is 3.74. The first-order valence-corrected chi connectivity index (χ1v) is 6.25. The summed E-state index contributed by atoms with van der Waals surface area (Å²) in [6.45, 7) is 0.0646. The maximum Gasteiger partial charge on any atom is 0.340 e. The van der Waals surface area contributed by atoms with E-state index in [2.05, 4.69) is 27.0 Å². The average Bonchev–Trinajstić information content (AvgIpc) is 2.45. The van der Waals surface area contributed by atoms with Crippen molar-refractivity contribution >= 4 is 21.9 Å². The van der Waals surface area contributed by atoms with Crippen LogP contribution in [0, 0.1) is 11.3 Å². The van der Waals surface area contributed by atoms with Crippen LogP contribution in [0.4, 0.5) is 0 Å². The molecule has 0 atom stereocenters. The van der Waals surface area contributed by atoms with Crippen LogP contribution in [0.2, 0.25) is 0 Å². The van der Waals surface area contributed by atoms with Gasteiger partial charge in [-0.1, -0.05) is 18.2 Å². The Morgan fingerprint density at radius 3 is 2.89 bits per heavy atom. The molecular formula is C14H9BrN2O2. The molecular weight excluding hydrogens is 308 g/mol. The van der Waals surface area contributed by atoms with Crippen molar-refractivity contribution in [1.82, 2.24) is 4.98 Å². The Morgan fingerprint density at radius 2 is 2.16 bits per heavy atom. The van der Waals surface area contributed by atoms with Gasteiger partial charge in [0, 0.05) is 22.4 Å². The minimum Gasteiger partial charge on any atom is -0.457 e. The molecule has 0 aliphatic carbocycles. The smallest absolute Gasteiger partial charge is 0.340 e. The van der Waals surface area contributed by atoms with Gasteiger partial charge >= 0.3 is 5.97 Å². The van der Waals surface area contributed by atoms with Crippen molar-refractivity contribution in [3.63, 3.8) is 0 Å². The summed E-state index contributed by atoms with van der Waals surface area (Å²) in [5, 5.41) is 8.93. The normalized spacial score (nSPS) is 9.68. The Hall–Kier alpha value is -2.19. The maximum absolute atomic E-state index is 11.8. The van der Waals surface area contributed by atoms with Crippen molar-refractivity contribution in [2.45, 2.75) is 6.61 Å². The predicted octanol–water partition coefficient (Wildman–Crippen LogP) is 3.07. The fraction of sp³-hybridized carbons (Fsp3) is 0.0714. The number of carbonyl (C=O) groups is 1. The zero-order valence-corrected chi connectivity index (χ0v) is 11.4. The molecule has 1 heterocycles. The van der Waals surface area contributed by atoms with E-state index in [9.17, 15) is 4.79 Å². The fourth-order valence-corrected chi connectivity index (χ4v) is 1.87. The van der Waals surface area contributed by atoms with Gasteiger partial charge in [-0.25, -0.2) is 4.79 Å². The molecule has 2 aromatic rings. The van der Waals surface area contributed by atoms with E-state index in [1.807, 2.05) is 0 Å². The Balaban J connectivity index is 2.07. The lowest BCUT2D eigenvalue weighted by Gasteiger charge is -2.06. The van der Waals surface area contributed by atoms with Gasteiger partial charge in [-0.3, -0.25) is 4.98 Å². The molecule has 1 aromatic carbocycles. The number of halogens is 1. The van der Waals surface area contributed by atoms with Crippen LogP contribution in [-0.2, 0) is 11.3 Å². The lowest BCUT2D eigenvalue weighted by Crippen LogP contribution is -2.06. The summed E-state index contributed by atoms with van der Waals surface area (Å²) in [5.74, 6) is -0.471. The van der Waals surface area contributed by atoms with E-state index < -0.39 is 5.97 Å². The van der Waals surface area contributed by atoms with Crippen LogP contribution in [-0.4, -0.2) is 11.0 Å². The van der Waals surface area contributed by atoms with Crippen LogP contribution in [0.25, 0.3) is 0 Å². The summed E-state index contributed by atoms with van der Waals surface area (Å²) < 4.78 is 5.87. The van der Waals surface area contributed by atoms with Gasteiger partial charge in [-0.2, -0.15) is 5.26 Å². The molecule has 0 saturated carbocycles. The number of pyridine rings is 1. The maximum atomic E-state index is 11.8. The van der Waals surface area contributed by atoms with Crippen molar-refractivity contribution < 1.29 is 9.53 Å². The molecule has 0 radical (unpaired) electrons. The molecule has 0 amide bonds. The number of hydrogen-bond acceptors (Lipinski definition) is 4. The van der Waals surface area contributed by atoms with Gasteiger partial charge in [0.05, 0.1) is 17.2 Å². The van der Waals surface area contributed by atoms with Gasteiger partial charge in [0.25, 0.3) is 0 Å². The predicted molar refractivity (Wildman–Crippen MR) is 72.2 cm³/mol. The third-order valence-corrected chi connectivity index (χ3v) is 2.87.